The molecular weight excluding hydrogens is 286 g/mol. The summed E-state index contributed by atoms with van der Waals surface area (Å²) in [6.07, 6.45) is 0.689. The molecule has 0 aliphatic carbocycles. The number of ether oxygens (including phenoxy) is 2. The van der Waals surface area contributed by atoms with Gasteiger partial charge in [-0.15, -0.1) is 0 Å². The SMILES string of the molecule is CNC1CC(c2c(Cl)cccc2OC)Oc2ccccc21. The maximum absolute atomic E-state index is 6.38. The van der Waals surface area contributed by atoms with Crippen LogP contribution >= 0.6 is 11.6 Å². The molecular formula is C17H18ClNO2. The number of hydrogen-bond donors (Lipinski definition) is 1. The monoisotopic (exact) mass is 303 g/mol. The van der Waals surface area contributed by atoms with E-state index in [1.807, 2.05) is 43.4 Å². The van der Waals surface area contributed by atoms with Crippen LogP contribution in [0.4, 0.5) is 0 Å². The van der Waals surface area contributed by atoms with Crippen LogP contribution in [0.25, 0.3) is 0 Å². The van der Waals surface area contributed by atoms with Crippen LogP contribution in [0.2, 0.25) is 5.02 Å². The van der Waals surface area contributed by atoms with Crippen molar-refractivity contribution in [1.82, 2.24) is 5.32 Å². The van der Waals surface area contributed by atoms with Gasteiger partial charge in [-0.25, -0.2) is 0 Å². The number of rotatable bonds is 3. The van der Waals surface area contributed by atoms with Crippen molar-refractivity contribution >= 4 is 11.6 Å². The smallest absolute Gasteiger partial charge is 0.131 e. The van der Waals surface area contributed by atoms with E-state index in [2.05, 4.69) is 11.4 Å². The van der Waals surface area contributed by atoms with Gasteiger partial charge in [0, 0.05) is 18.0 Å². The molecule has 3 nitrogen and oxygen atoms in total. The summed E-state index contributed by atoms with van der Waals surface area (Å²) in [5, 5.41) is 4.03. The highest BCUT2D eigenvalue weighted by Gasteiger charge is 2.31. The molecule has 0 saturated heterocycles. The molecule has 1 N–H and O–H groups in total. The number of benzene rings is 2. The molecule has 0 saturated carbocycles. The summed E-state index contributed by atoms with van der Waals surface area (Å²) in [6, 6.07) is 14.0. The fraction of sp³-hybridized carbons (Fsp3) is 0.294. The van der Waals surface area contributed by atoms with Crippen LogP contribution in [0.5, 0.6) is 11.5 Å². The average Bonchev–Trinajstić information content (AvgIpc) is 2.53. The van der Waals surface area contributed by atoms with Gasteiger partial charge in [0.15, 0.2) is 0 Å². The first-order valence-electron chi connectivity index (χ1n) is 7.00. The molecule has 1 aliphatic rings. The van der Waals surface area contributed by atoms with Gasteiger partial charge in [-0.2, -0.15) is 0 Å². The first-order valence-corrected chi connectivity index (χ1v) is 7.37. The van der Waals surface area contributed by atoms with Crippen molar-refractivity contribution in [3.8, 4) is 11.5 Å². The molecule has 21 heavy (non-hydrogen) atoms. The van der Waals surface area contributed by atoms with Crippen molar-refractivity contribution in [3.63, 3.8) is 0 Å². The van der Waals surface area contributed by atoms with Crippen LogP contribution in [0.1, 0.15) is 29.7 Å². The van der Waals surface area contributed by atoms with Crippen molar-refractivity contribution in [2.24, 2.45) is 0 Å². The Bertz CT molecular complexity index is 644. The highest BCUT2D eigenvalue weighted by atomic mass is 35.5. The Morgan fingerprint density at radius 1 is 1.19 bits per heavy atom. The Morgan fingerprint density at radius 3 is 2.76 bits per heavy atom. The van der Waals surface area contributed by atoms with Gasteiger partial charge in [-0.05, 0) is 25.2 Å². The summed E-state index contributed by atoms with van der Waals surface area (Å²) < 4.78 is 11.6. The van der Waals surface area contributed by atoms with Crippen molar-refractivity contribution < 1.29 is 9.47 Å². The van der Waals surface area contributed by atoms with Crippen LogP contribution in [0.15, 0.2) is 42.5 Å². The van der Waals surface area contributed by atoms with E-state index < -0.39 is 0 Å². The number of halogens is 1. The van der Waals surface area contributed by atoms with Crippen LogP contribution in [0, 0.1) is 0 Å². The second kappa shape index (κ2) is 5.96. The summed E-state index contributed by atoms with van der Waals surface area (Å²) in [5.41, 5.74) is 2.10. The lowest BCUT2D eigenvalue weighted by Gasteiger charge is -2.33. The van der Waals surface area contributed by atoms with Crippen LogP contribution in [-0.2, 0) is 0 Å². The molecule has 3 rings (SSSR count). The minimum Gasteiger partial charge on any atom is -0.496 e. The third-order valence-electron chi connectivity index (χ3n) is 3.92. The molecule has 2 aromatic carbocycles. The molecule has 0 amide bonds. The number of para-hydroxylation sites is 1. The standard InChI is InChI=1S/C17H18ClNO2/c1-19-13-10-16(21-14-8-4-3-6-11(13)14)17-12(18)7-5-9-15(17)20-2/h3-9,13,16,19H,10H2,1-2H3. The maximum atomic E-state index is 6.38. The first-order chi connectivity index (χ1) is 10.2. The molecule has 110 valence electrons. The number of fused-ring (bicyclic) bond motifs is 1. The van der Waals surface area contributed by atoms with E-state index >= 15 is 0 Å². The van der Waals surface area contributed by atoms with Gasteiger partial charge < -0.3 is 14.8 Å². The fourth-order valence-electron chi connectivity index (χ4n) is 2.88. The molecule has 0 radical (unpaired) electrons. The van der Waals surface area contributed by atoms with Crippen LogP contribution in [-0.4, -0.2) is 14.2 Å². The lowest BCUT2D eigenvalue weighted by atomic mass is 9.92. The molecule has 0 bridgehead atoms. The van der Waals surface area contributed by atoms with E-state index in [4.69, 9.17) is 21.1 Å². The van der Waals surface area contributed by atoms with Crippen molar-refractivity contribution in [1.29, 1.82) is 0 Å². The second-order valence-corrected chi connectivity index (χ2v) is 5.48. The largest absolute Gasteiger partial charge is 0.496 e. The van der Waals surface area contributed by atoms with E-state index in [-0.39, 0.29) is 12.1 Å². The molecule has 0 spiro atoms. The molecule has 2 aromatic rings. The van der Waals surface area contributed by atoms with Crippen molar-refractivity contribution in [2.75, 3.05) is 14.2 Å². The first kappa shape index (κ1) is 14.2. The Kier molecular flexibility index (Phi) is 4.04. The highest BCUT2D eigenvalue weighted by molar-refractivity contribution is 6.31. The van der Waals surface area contributed by atoms with E-state index in [0.29, 0.717) is 5.02 Å². The second-order valence-electron chi connectivity index (χ2n) is 5.08. The summed E-state index contributed by atoms with van der Waals surface area (Å²) >= 11 is 6.38. The topological polar surface area (TPSA) is 30.5 Å². The number of methoxy groups -OCH3 is 1. The fourth-order valence-corrected chi connectivity index (χ4v) is 3.16. The van der Waals surface area contributed by atoms with Gasteiger partial charge >= 0.3 is 0 Å². The Morgan fingerprint density at radius 2 is 2.00 bits per heavy atom. The predicted octanol–water partition coefficient (Wildman–Crippen LogP) is 4.13. The van der Waals surface area contributed by atoms with Crippen LogP contribution in [0.3, 0.4) is 0 Å². The zero-order valence-corrected chi connectivity index (χ0v) is 12.9. The van der Waals surface area contributed by atoms with Gasteiger partial charge in [0.1, 0.15) is 17.6 Å². The van der Waals surface area contributed by atoms with Gasteiger partial charge in [0.25, 0.3) is 0 Å². The van der Waals surface area contributed by atoms with Gasteiger partial charge in [-0.3, -0.25) is 0 Å². The van der Waals surface area contributed by atoms with E-state index in [1.54, 1.807) is 7.11 Å². The summed E-state index contributed by atoms with van der Waals surface area (Å²) in [7, 11) is 3.62. The minimum atomic E-state index is -0.124. The molecule has 1 aliphatic heterocycles. The Hall–Kier alpha value is -1.71. The quantitative estimate of drug-likeness (QED) is 0.924. The molecule has 2 unspecified atom stereocenters. The third-order valence-corrected chi connectivity index (χ3v) is 4.25. The predicted molar refractivity (Wildman–Crippen MR) is 84.2 cm³/mol. The summed E-state index contributed by atoms with van der Waals surface area (Å²) in [6.45, 7) is 0. The van der Waals surface area contributed by atoms with Gasteiger partial charge in [0.2, 0.25) is 0 Å². The molecule has 0 fully saturated rings. The maximum Gasteiger partial charge on any atom is 0.131 e. The number of hydrogen-bond acceptors (Lipinski definition) is 3. The number of nitrogens with one attached hydrogen (secondary N) is 1. The van der Waals surface area contributed by atoms with Crippen LogP contribution < -0.4 is 14.8 Å². The summed E-state index contributed by atoms with van der Waals surface area (Å²) in [4.78, 5) is 0. The zero-order valence-electron chi connectivity index (χ0n) is 12.1. The summed E-state index contributed by atoms with van der Waals surface area (Å²) in [5.74, 6) is 1.66. The van der Waals surface area contributed by atoms with E-state index in [9.17, 15) is 0 Å². The van der Waals surface area contributed by atoms with E-state index in [0.717, 1.165) is 23.5 Å². The highest BCUT2D eigenvalue weighted by Crippen LogP contribution is 2.44. The minimum absolute atomic E-state index is 0.124. The zero-order chi connectivity index (χ0) is 14.8. The normalized spacial score (nSPS) is 20.5. The average molecular weight is 304 g/mol. The third kappa shape index (κ3) is 2.59. The lowest BCUT2D eigenvalue weighted by molar-refractivity contribution is 0.150. The molecule has 2 atom stereocenters. The lowest BCUT2D eigenvalue weighted by Crippen LogP contribution is -2.27. The molecule has 1 heterocycles. The Labute approximate surface area is 129 Å². The Balaban J connectivity index is 2.03. The molecule has 0 aromatic heterocycles. The van der Waals surface area contributed by atoms with Gasteiger partial charge in [0.05, 0.1) is 17.7 Å². The van der Waals surface area contributed by atoms with Crippen molar-refractivity contribution in [2.45, 2.75) is 18.6 Å². The van der Waals surface area contributed by atoms with Gasteiger partial charge in [-0.1, -0.05) is 35.9 Å². The molecule has 4 heteroatoms. The van der Waals surface area contributed by atoms with E-state index in [1.165, 1.54) is 5.56 Å². The van der Waals surface area contributed by atoms with Crippen molar-refractivity contribution in [3.05, 3.63) is 58.6 Å².